The van der Waals surface area contributed by atoms with E-state index in [1.807, 2.05) is 30.3 Å². The summed E-state index contributed by atoms with van der Waals surface area (Å²) in [7, 11) is -7.90. The molecule has 0 aliphatic rings. The van der Waals surface area contributed by atoms with E-state index in [4.69, 9.17) is 13.0 Å². The topological polar surface area (TPSA) is 77.3 Å². The monoisotopic (exact) mass is 351 g/mol. The standard InChI is InChI=1S/C9H13FNOS.CHF3O3S/c1-11(13(2,10)12)8-9-6-4-3-5-7-9;2-1(3,4)8(5,6)7/h3-7H,8H2,1-2H3;(H,5,6,7)/q+1;/p-1. The van der Waals surface area contributed by atoms with Crippen LogP contribution in [0.3, 0.4) is 0 Å². The Bertz CT molecular complexity index is 669. The number of rotatable bonds is 2. The first-order valence-electron chi connectivity index (χ1n) is 5.21. The summed E-state index contributed by atoms with van der Waals surface area (Å²) < 4.78 is 84.0. The quantitative estimate of drug-likeness (QED) is 0.268. The molecule has 1 rings (SSSR count). The van der Waals surface area contributed by atoms with Crippen LogP contribution in [0.5, 0.6) is 0 Å². The molecule has 0 saturated carbocycles. The number of alkyl halides is 3. The van der Waals surface area contributed by atoms with Crippen LogP contribution in [-0.2, 0) is 26.8 Å². The number of benzene rings is 1. The minimum Gasteiger partial charge on any atom is -0.741 e. The van der Waals surface area contributed by atoms with E-state index in [0.717, 1.165) is 11.8 Å². The molecule has 0 spiro atoms. The van der Waals surface area contributed by atoms with Crippen LogP contribution in [0.25, 0.3) is 0 Å². The lowest BCUT2D eigenvalue weighted by molar-refractivity contribution is -0.493. The van der Waals surface area contributed by atoms with Crippen molar-refractivity contribution in [2.75, 3.05) is 13.3 Å². The summed E-state index contributed by atoms with van der Waals surface area (Å²) in [6, 6.07) is 9.39. The molecule has 21 heavy (non-hydrogen) atoms. The molecular weight excluding hydrogens is 338 g/mol. The molecule has 1 aromatic carbocycles. The smallest absolute Gasteiger partial charge is 0.485 e. The van der Waals surface area contributed by atoms with Crippen LogP contribution in [0.2, 0.25) is 0 Å². The first-order valence-corrected chi connectivity index (χ1v) is 8.44. The second kappa shape index (κ2) is 7.18. The lowest BCUT2D eigenvalue weighted by atomic mass is 10.2. The Morgan fingerprint density at radius 1 is 1.14 bits per heavy atom. The maximum atomic E-state index is 12.9. The zero-order valence-corrected chi connectivity index (χ0v) is 12.6. The average Bonchev–Trinajstić information content (AvgIpc) is 2.27. The zero-order chi connectivity index (χ0) is 16.9. The average molecular weight is 351 g/mol. The molecule has 0 saturated heterocycles. The number of hydrogen-bond acceptors (Lipinski definition) is 4. The van der Waals surface area contributed by atoms with Crippen LogP contribution >= 0.6 is 0 Å². The Kier molecular flexibility index (Phi) is 6.77. The Morgan fingerprint density at radius 2 is 1.52 bits per heavy atom. The summed E-state index contributed by atoms with van der Waals surface area (Å²) in [5.41, 5.74) is -4.69. The molecule has 11 heteroatoms. The maximum Gasteiger partial charge on any atom is 0.485 e. The first-order chi connectivity index (χ1) is 9.25. The van der Waals surface area contributed by atoms with Gasteiger partial charge in [0.25, 0.3) is 0 Å². The van der Waals surface area contributed by atoms with E-state index in [1.54, 1.807) is 0 Å². The molecule has 0 N–H and O–H groups in total. The van der Waals surface area contributed by atoms with Crippen LogP contribution in [0, 0.1) is 0 Å². The fourth-order valence-corrected chi connectivity index (χ4v) is 1.34. The zero-order valence-electron chi connectivity index (χ0n) is 11.0. The summed E-state index contributed by atoms with van der Waals surface area (Å²) in [4.78, 5) is 0. The van der Waals surface area contributed by atoms with Crippen LogP contribution < -0.4 is 0 Å². The van der Waals surface area contributed by atoms with Crippen LogP contribution in [0.4, 0.5) is 17.1 Å². The van der Waals surface area contributed by atoms with Gasteiger partial charge in [-0.3, -0.25) is 0 Å². The molecule has 1 aromatic rings. The second-order valence-electron chi connectivity index (χ2n) is 3.88. The summed E-state index contributed by atoms with van der Waals surface area (Å²) in [6.45, 7) is 0.368. The van der Waals surface area contributed by atoms with Crippen molar-refractivity contribution in [3.63, 3.8) is 0 Å². The van der Waals surface area contributed by atoms with E-state index in [9.17, 15) is 21.3 Å². The number of halogens is 4. The maximum absolute atomic E-state index is 12.9. The van der Waals surface area contributed by atoms with Crippen molar-refractivity contribution in [2.45, 2.75) is 12.1 Å². The van der Waals surface area contributed by atoms with Crippen molar-refractivity contribution in [1.29, 1.82) is 0 Å². The van der Waals surface area contributed by atoms with Gasteiger partial charge in [0.05, 0.1) is 6.26 Å². The molecule has 0 heterocycles. The van der Waals surface area contributed by atoms with Gasteiger partial charge in [-0.2, -0.15) is 21.3 Å². The third kappa shape index (κ3) is 7.97. The molecule has 1 atom stereocenters. The van der Waals surface area contributed by atoms with Gasteiger partial charge in [-0.25, -0.2) is 8.42 Å². The lowest BCUT2D eigenvalue weighted by Gasteiger charge is -2.08. The van der Waals surface area contributed by atoms with E-state index in [-0.39, 0.29) is 0 Å². The van der Waals surface area contributed by atoms with E-state index >= 15 is 0 Å². The van der Waals surface area contributed by atoms with Gasteiger partial charge in [0, 0.05) is 5.56 Å². The highest BCUT2D eigenvalue weighted by Gasteiger charge is 2.36. The summed E-state index contributed by atoms with van der Waals surface area (Å²) >= 11 is 0. The van der Waals surface area contributed by atoms with Crippen molar-refractivity contribution in [3.05, 3.63) is 35.9 Å². The Morgan fingerprint density at radius 3 is 1.81 bits per heavy atom. The van der Waals surface area contributed by atoms with Gasteiger partial charge in [-0.05, 0) is 0 Å². The highest BCUT2D eigenvalue weighted by molar-refractivity contribution is 7.86. The Balaban J connectivity index is 0.000000433. The SMILES string of the molecule is C[N+](Cc1ccccc1)=S(C)(=O)F.O=S(=O)([O-])C(F)(F)F. The van der Waals surface area contributed by atoms with Crippen molar-refractivity contribution in [3.8, 4) is 0 Å². The largest absolute Gasteiger partial charge is 0.741 e. The minimum atomic E-state index is -6.09. The van der Waals surface area contributed by atoms with Gasteiger partial charge in [-0.15, -0.1) is 0 Å². The molecule has 0 bridgehead atoms. The molecule has 5 nitrogen and oxygen atoms in total. The van der Waals surface area contributed by atoms with E-state index in [1.165, 1.54) is 11.0 Å². The van der Waals surface area contributed by atoms with E-state index in [2.05, 4.69) is 0 Å². The van der Waals surface area contributed by atoms with Crippen LogP contribution in [0.15, 0.2) is 30.3 Å². The normalized spacial score (nSPS) is 14.6. The highest BCUT2D eigenvalue weighted by atomic mass is 32.3. The van der Waals surface area contributed by atoms with Gasteiger partial charge < -0.3 is 4.55 Å². The van der Waals surface area contributed by atoms with Crippen molar-refractivity contribution in [2.24, 2.45) is 0 Å². The summed E-state index contributed by atoms with van der Waals surface area (Å²) in [5.74, 6) is 0. The fraction of sp³-hybridized carbons (Fsp3) is 0.400. The summed E-state index contributed by atoms with van der Waals surface area (Å²) in [6.07, 6.45) is 1.09. The second-order valence-corrected chi connectivity index (χ2v) is 7.30. The molecule has 0 aliphatic carbocycles. The molecule has 1 unspecified atom stereocenters. The van der Waals surface area contributed by atoms with Crippen molar-refractivity contribution < 1.29 is 38.2 Å². The molecular formula is C10H13F4NO4S2. The minimum absolute atomic E-state index is 0.368. The number of hydrogen-bond donors (Lipinski definition) is 0. The Labute approximate surface area is 120 Å². The lowest BCUT2D eigenvalue weighted by Crippen LogP contribution is -2.21. The van der Waals surface area contributed by atoms with Crippen molar-refractivity contribution in [1.82, 2.24) is 0 Å². The first kappa shape index (κ1) is 19.8. The van der Waals surface area contributed by atoms with E-state index in [0.29, 0.717) is 6.54 Å². The summed E-state index contributed by atoms with van der Waals surface area (Å²) in [5, 5.41) is 0. The molecule has 0 aliphatic heterocycles. The van der Waals surface area contributed by atoms with Gasteiger partial charge in [-0.1, -0.05) is 34.2 Å². The molecule has 0 radical (unpaired) electrons. The van der Waals surface area contributed by atoms with Gasteiger partial charge in [0.15, 0.2) is 16.7 Å². The molecule has 0 amide bonds. The van der Waals surface area contributed by atoms with Crippen LogP contribution in [-0.4, -0.2) is 39.9 Å². The number of nitrogens with zero attached hydrogens (tertiary/aromatic N) is 1. The van der Waals surface area contributed by atoms with Crippen molar-refractivity contribution >= 4 is 20.2 Å². The third-order valence-electron chi connectivity index (χ3n) is 2.09. The van der Waals surface area contributed by atoms with Gasteiger partial charge in [0.2, 0.25) is 0 Å². The highest BCUT2D eigenvalue weighted by Crippen LogP contribution is 2.20. The molecule has 122 valence electrons. The van der Waals surface area contributed by atoms with Gasteiger partial charge >= 0.3 is 15.6 Å². The molecule has 0 aromatic heterocycles. The fourth-order valence-electron chi connectivity index (χ4n) is 0.956. The molecule has 0 fully saturated rings. The van der Waals surface area contributed by atoms with E-state index < -0.39 is 25.7 Å². The predicted molar refractivity (Wildman–Crippen MR) is 67.3 cm³/mol. The Hall–Kier alpha value is -1.20. The predicted octanol–water partition coefficient (Wildman–Crippen LogP) is 1.86. The van der Waals surface area contributed by atoms with Crippen LogP contribution in [0.1, 0.15) is 5.56 Å². The third-order valence-corrected chi connectivity index (χ3v) is 3.90. The van der Waals surface area contributed by atoms with Gasteiger partial charge in [0.1, 0.15) is 7.05 Å².